The van der Waals surface area contributed by atoms with Crippen LogP contribution >= 0.6 is 11.6 Å². The molecule has 2 heterocycles. The van der Waals surface area contributed by atoms with Gasteiger partial charge in [0.05, 0.1) is 23.3 Å². The van der Waals surface area contributed by atoms with Gasteiger partial charge in [-0.15, -0.1) is 10.2 Å². The Morgan fingerprint density at radius 3 is 2.84 bits per heavy atom. The minimum absolute atomic E-state index is 0.200. The molecule has 1 aromatic carbocycles. The number of nitrogens with one attached hydrogen (secondary N) is 2. The Morgan fingerprint density at radius 1 is 1.32 bits per heavy atom. The maximum atomic E-state index is 12.2. The molecule has 1 fully saturated rings. The molecule has 2 N–H and O–H groups in total. The van der Waals surface area contributed by atoms with Gasteiger partial charge in [-0.25, -0.2) is 4.79 Å². The first kappa shape index (κ1) is 16.1. The standard InChI is InChI=1S/C16H19ClN6O2/c1-23-21-12(20-22-23)9-25-11-6-5-10(17)14-13(11)16(19-15(24)18-14)7-3-2-4-8-16/h5-6H,2-4,7-9H2,1H3,(H2,18,19,24). The summed E-state index contributed by atoms with van der Waals surface area (Å²) in [6, 6.07) is 3.36. The van der Waals surface area contributed by atoms with E-state index in [-0.39, 0.29) is 12.6 Å². The normalized spacial score (nSPS) is 18.4. The van der Waals surface area contributed by atoms with Crippen LogP contribution in [0.25, 0.3) is 0 Å². The number of nitrogens with zero attached hydrogens (tertiary/aromatic N) is 4. The van der Waals surface area contributed by atoms with Gasteiger partial charge >= 0.3 is 6.03 Å². The summed E-state index contributed by atoms with van der Waals surface area (Å²) in [7, 11) is 1.71. The molecule has 9 heteroatoms. The Hall–Kier alpha value is -2.35. The van der Waals surface area contributed by atoms with Gasteiger partial charge in [0.1, 0.15) is 5.75 Å². The van der Waals surface area contributed by atoms with Crippen molar-refractivity contribution in [2.24, 2.45) is 7.05 Å². The Morgan fingerprint density at radius 2 is 2.12 bits per heavy atom. The number of fused-ring (bicyclic) bond motifs is 2. The zero-order valence-electron chi connectivity index (χ0n) is 13.9. The molecule has 1 saturated carbocycles. The molecule has 1 aliphatic heterocycles. The number of ether oxygens (including phenoxy) is 1. The number of halogens is 1. The lowest BCUT2D eigenvalue weighted by Crippen LogP contribution is -2.52. The van der Waals surface area contributed by atoms with Crippen LogP contribution in [-0.2, 0) is 19.2 Å². The van der Waals surface area contributed by atoms with Gasteiger partial charge in [0.25, 0.3) is 0 Å². The summed E-state index contributed by atoms with van der Waals surface area (Å²) in [6.45, 7) is 0.200. The summed E-state index contributed by atoms with van der Waals surface area (Å²) in [5.74, 6) is 1.18. The smallest absolute Gasteiger partial charge is 0.319 e. The van der Waals surface area contributed by atoms with E-state index in [2.05, 4.69) is 26.0 Å². The molecule has 1 spiro atoms. The zero-order chi connectivity index (χ0) is 17.4. The molecule has 0 atom stereocenters. The predicted octanol–water partition coefficient (Wildman–Crippen LogP) is 2.74. The van der Waals surface area contributed by atoms with Gasteiger partial charge in [-0.1, -0.05) is 30.9 Å². The highest BCUT2D eigenvalue weighted by Gasteiger charge is 2.43. The second-order valence-electron chi connectivity index (χ2n) is 6.50. The molecule has 0 radical (unpaired) electrons. The van der Waals surface area contributed by atoms with Crippen LogP contribution in [0.15, 0.2) is 12.1 Å². The van der Waals surface area contributed by atoms with Crippen molar-refractivity contribution in [1.82, 2.24) is 25.5 Å². The number of benzene rings is 1. The number of carbonyl (C=O) groups excluding carboxylic acids is 1. The molecule has 4 rings (SSSR count). The van der Waals surface area contributed by atoms with Gasteiger partial charge in [0.2, 0.25) is 5.82 Å². The first-order valence-corrected chi connectivity index (χ1v) is 8.73. The Kier molecular flexibility index (Phi) is 3.99. The van der Waals surface area contributed by atoms with E-state index < -0.39 is 5.54 Å². The lowest BCUT2D eigenvalue weighted by Gasteiger charge is -2.43. The van der Waals surface area contributed by atoms with Crippen molar-refractivity contribution in [1.29, 1.82) is 0 Å². The highest BCUT2D eigenvalue weighted by molar-refractivity contribution is 6.34. The van der Waals surface area contributed by atoms with E-state index in [0.717, 1.165) is 31.2 Å². The van der Waals surface area contributed by atoms with E-state index in [1.54, 1.807) is 13.1 Å². The van der Waals surface area contributed by atoms with Crippen molar-refractivity contribution < 1.29 is 9.53 Å². The molecule has 25 heavy (non-hydrogen) atoms. The predicted molar refractivity (Wildman–Crippen MR) is 91.5 cm³/mol. The summed E-state index contributed by atoms with van der Waals surface area (Å²) in [6.07, 6.45) is 5.01. The Bertz CT molecular complexity index is 815. The van der Waals surface area contributed by atoms with E-state index in [1.807, 2.05) is 6.07 Å². The SMILES string of the molecule is Cn1nnc(COc2ccc(Cl)c3c2C2(CCCCC2)NC(=O)N3)n1. The molecule has 1 aliphatic carbocycles. The third-order valence-corrected chi connectivity index (χ3v) is 5.11. The first-order chi connectivity index (χ1) is 12.1. The lowest BCUT2D eigenvalue weighted by atomic mass is 9.74. The van der Waals surface area contributed by atoms with Gasteiger partial charge < -0.3 is 15.4 Å². The number of hydrogen-bond acceptors (Lipinski definition) is 5. The molecule has 0 bridgehead atoms. The van der Waals surface area contributed by atoms with Crippen LogP contribution in [0.4, 0.5) is 10.5 Å². The molecule has 8 nitrogen and oxygen atoms in total. The fourth-order valence-electron chi connectivity index (χ4n) is 3.75. The topological polar surface area (TPSA) is 94.0 Å². The van der Waals surface area contributed by atoms with Crippen LogP contribution in [0.5, 0.6) is 5.75 Å². The number of aromatic nitrogens is 4. The van der Waals surface area contributed by atoms with Gasteiger partial charge in [-0.3, -0.25) is 0 Å². The van der Waals surface area contributed by atoms with Crippen molar-refractivity contribution >= 4 is 23.3 Å². The fourth-order valence-corrected chi connectivity index (χ4v) is 3.96. The number of rotatable bonds is 3. The van der Waals surface area contributed by atoms with Crippen LogP contribution in [0.3, 0.4) is 0 Å². The number of anilines is 1. The van der Waals surface area contributed by atoms with Crippen LogP contribution < -0.4 is 15.4 Å². The van der Waals surface area contributed by atoms with E-state index in [9.17, 15) is 4.79 Å². The average Bonchev–Trinajstić information content (AvgIpc) is 3.01. The Balaban J connectivity index is 1.73. The molecular formula is C16H19ClN6O2. The van der Waals surface area contributed by atoms with E-state index in [0.29, 0.717) is 22.3 Å². The molecule has 0 saturated heterocycles. The fraction of sp³-hybridized carbons (Fsp3) is 0.500. The van der Waals surface area contributed by atoms with Crippen molar-refractivity contribution in [2.75, 3.05) is 5.32 Å². The van der Waals surface area contributed by atoms with Gasteiger partial charge in [0.15, 0.2) is 6.61 Å². The third-order valence-electron chi connectivity index (χ3n) is 4.80. The van der Waals surface area contributed by atoms with Gasteiger partial charge in [-0.2, -0.15) is 4.80 Å². The molecule has 0 unspecified atom stereocenters. The van der Waals surface area contributed by atoms with E-state index in [1.165, 1.54) is 11.2 Å². The second-order valence-corrected chi connectivity index (χ2v) is 6.91. The van der Waals surface area contributed by atoms with Crippen molar-refractivity contribution in [3.8, 4) is 5.75 Å². The summed E-state index contributed by atoms with van der Waals surface area (Å²) < 4.78 is 5.99. The first-order valence-electron chi connectivity index (χ1n) is 8.35. The van der Waals surface area contributed by atoms with Crippen LogP contribution in [0, 0.1) is 0 Å². The minimum atomic E-state index is -0.439. The summed E-state index contributed by atoms with van der Waals surface area (Å²) in [4.78, 5) is 13.6. The molecule has 2 aliphatic rings. The minimum Gasteiger partial charge on any atom is -0.485 e. The number of urea groups is 1. The number of aryl methyl sites for hydroxylation is 1. The highest BCUT2D eigenvalue weighted by Crippen LogP contribution is 2.49. The number of amides is 2. The summed E-state index contributed by atoms with van der Waals surface area (Å²) >= 11 is 6.37. The van der Waals surface area contributed by atoms with Gasteiger partial charge in [-0.05, 0) is 30.2 Å². The largest absolute Gasteiger partial charge is 0.485 e. The lowest BCUT2D eigenvalue weighted by molar-refractivity contribution is 0.201. The zero-order valence-corrected chi connectivity index (χ0v) is 14.6. The summed E-state index contributed by atoms with van der Waals surface area (Å²) in [5, 5.41) is 18.3. The number of tetrazole rings is 1. The molecular weight excluding hydrogens is 344 g/mol. The highest BCUT2D eigenvalue weighted by atomic mass is 35.5. The quantitative estimate of drug-likeness (QED) is 0.875. The third kappa shape index (κ3) is 2.90. The molecule has 132 valence electrons. The molecule has 2 aromatic rings. The maximum absolute atomic E-state index is 12.2. The van der Waals surface area contributed by atoms with E-state index in [4.69, 9.17) is 16.3 Å². The average molecular weight is 363 g/mol. The van der Waals surface area contributed by atoms with Crippen LogP contribution in [0.2, 0.25) is 5.02 Å². The maximum Gasteiger partial charge on any atom is 0.319 e. The van der Waals surface area contributed by atoms with Crippen molar-refractivity contribution in [3.05, 3.63) is 28.5 Å². The van der Waals surface area contributed by atoms with Gasteiger partial charge in [0, 0.05) is 5.56 Å². The van der Waals surface area contributed by atoms with Crippen LogP contribution in [0.1, 0.15) is 43.5 Å². The van der Waals surface area contributed by atoms with Crippen LogP contribution in [-0.4, -0.2) is 26.2 Å². The monoisotopic (exact) mass is 362 g/mol. The van der Waals surface area contributed by atoms with E-state index >= 15 is 0 Å². The second kappa shape index (κ2) is 6.18. The Labute approximate surface area is 149 Å². The molecule has 2 amide bonds. The van der Waals surface area contributed by atoms with Crippen molar-refractivity contribution in [2.45, 2.75) is 44.2 Å². The summed E-state index contributed by atoms with van der Waals surface area (Å²) in [5.41, 5.74) is 1.12. The van der Waals surface area contributed by atoms with Crippen molar-refractivity contribution in [3.63, 3.8) is 0 Å². The molecule has 1 aromatic heterocycles. The number of hydrogen-bond donors (Lipinski definition) is 2. The number of carbonyl (C=O) groups is 1.